The number of benzene rings is 1. The summed E-state index contributed by atoms with van der Waals surface area (Å²) in [4.78, 5) is 38.2. The molecule has 10 nitrogen and oxygen atoms in total. The third kappa shape index (κ3) is 5.68. The van der Waals surface area contributed by atoms with Crippen molar-refractivity contribution in [3.63, 3.8) is 0 Å². The highest BCUT2D eigenvalue weighted by molar-refractivity contribution is 5.94. The molecule has 1 aromatic carbocycles. The second-order valence-corrected chi connectivity index (χ2v) is 10.3. The molecule has 1 unspecified atom stereocenters. The van der Waals surface area contributed by atoms with Gasteiger partial charge in [-0.15, -0.1) is 0 Å². The summed E-state index contributed by atoms with van der Waals surface area (Å²) in [7, 11) is 0. The van der Waals surface area contributed by atoms with E-state index in [4.69, 9.17) is 4.74 Å². The van der Waals surface area contributed by atoms with Gasteiger partial charge in [0.2, 0.25) is 5.91 Å². The molecule has 2 saturated heterocycles. The van der Waals surface area contributed by atoms with E-state index in [1.165, 1.54) is 0 Å². The van der Waals surface area contributed by atoms with Crippen molar-refractivity contribution in [2.75, 3.05) is 44.7 Å². The number of pyridine rings is 2. The van der Waals surface area contributed by atoms with Gasteiger partial charge in [-0.05, 0) is 42.2 Å². The summed E-state index contributed by atoms with van der Waals surface area (Å²) in [5.41, 5.74) is 4.90. The second kappa shape index (κ2) is 11.4. The Morgan fingerprint density at radius 3 is 2.70 bits per heavy atom. The highest BCUT2D eigenvalue weighted by Crippen LogP contribution is 2.29. The molecular weight excluding hydrogens is 508 g/mol. The quantitative estimate of drug-likeness (QED) is 0.386. The summed E-state index contributed by atoms with van der Waals surface area (Å²) in [5, 5.41) is 13.3. The van der Waals surface area contributed by atoms with E-state index in [-0.39, 0.29) is 11.8 Å². The normalized spacial score (nSPS) is 17.7. The van der Waals surface area contributed by atoms with Gasteiger partial charge >= 0.3 is 0 Å². The number of carbonyl (C=O) groups excluding carboxylic acids is 2. The molecule has 5 heterocycles. The minimum absolute atomic E-state index is 0.0324. The van der Waals surface area contributed by atoms with Gasteiger partial charge in [-0.2, -0.15) is 0 Å². The standard InChI is InChI=1S/C30H32N6O4/c37-25-5-2-9-35(20-25)28(38)16-21-3-1-4-22(15-21)24-17-26(29-31-8-10-36(29)19-24)33-27-7-6-23(18-32-27)30(39)34-11-13-40-14-12-34/h1,3-4,6-8,10,15,17-19,25,37H,2,5,9,11-14,16,20H2,(H,32,33). The minimum atomic E-state index is -0.437. The minimum Gasteiger partial charge on any atom is -0.391 e. The number of ether oxygens (including phenoxy) is 1. The lowest BCUT2D eigenvalue weighted by Gasteiger charge is -2.30. The molecule has 1 atom stereocenters. The predicted octanol–water partition coefficient (Wildman–Crippen LogP) is 3.14. The molecule has 0 saturated carbocycles. The lowest BCUT2D eigenvalue weighted by atomic mass is 10.0. The largest absolute Gasteiger partial charge is 0.391 e. The first-order valence-corrected chi connectivity index (χ1v) is 13.7. The van der Waals surface area contributed by atoms with Crippen LogP contribution in [0.3, 0.4) is 0 Å². The number of likely N-dealkylation sites (tertiary alicyclic amines) is 1. The summed E-state index contributed by atoms with van der Waals surface area (Å²) in [6.07, 6.45) is 8.65. The summed E-state index contributed by atoms with van der Waals surface area (Å²) in [6.45, 7) is 3.37. The Morgan fingerprint density at radius 2 is 1.90 bits per heavy atom. The number of aliphatic hydroxyl groups excluding tert-OH is 1. The first-order chi connectivity index (χ1) is 19.5. The zero-order valence-electron chi connectivity index (χ0n) is 22.2. The fraction of sp³-hybridized carbons (Fsp3) is 0.333. The van der Waals surface area contributed by atoms with Crippen LogP contribution in [0.25, 0.3) is 16.8 Å². The van der Waals surface area contributed by atoms with Gasteiger partial charge in [-0.1, -0.05) is 24.3 Å². The van der Waals surface area contributed by atoms with Gasteiger partial charge in [0.15, 0.2) is 5.65 Å². The SMILES string of the molecule is O=C(Cc1cccc(-c2cc(Nc3ccc(C(=O)N4CCOCC4)cn3)c3nccn3c2)c1)N1CCCC(O)C1. The van der Waals surface area contributed by atoms with Crippen molar-refractivity contribution in [2.45, 2.75) is 25.4 Å². The fourth-order valence-electron chi connectivity index (χ4n) is 5.29. The van der Waals surface area contributed by atoms with Crippen LogP contribution in [-0.2, 0) is 16.0 Å². The van der Waals surface area contributed by atoms with Crippen molar-refractivity contribution in [3.05, 3.63) is 78.4 Å². The van der Waals surface area contributed by atoms with Gasteiger partial charge in [0.1, 0.15) is 5.82 Å². The second-order valence-electron chi connectivity index (χ2n) is 10.3. The zero-order chi connectivity index (χ0) is 27.5. The van der Waals surface area contributed by atoms with E-state index >= 15 is 0 Å². The average Bonchev–Trinajstić information content (AvgIpc) is 3.47. The maximum absolute atomic E-state index is 12.9. The Bertz CT molecular complexity index is 1510. The lowest BCUT2D eigenvalue weighted by molar-refractivity contribution is -0.133. The maximum atomic E-state index is 12.9. The number of β-amino-alcohol motifs (C(OH)–C–C–N with tert-alkyl or cyclic N) is 1. The number of aliphatic hydroxyl groups is 1. The van der Waals surface area contributed by atoms with Crippen LogP contribution in [0.5, 0.6) is 0 Å². The number of nitrogens with one attached hydrogen (secondary N) is 1. The Kier molecular flexibility index (Phi) is 7.43. The smallest absolute Gasteiger partial charge is 0.255 e. The van der Waals surface area contributed by atoms with Crippen LogP contribution >= 0.6 is 0 Å². The van der Waals surface area contributed by atoms with Gasteiger partial charge in [-0.3, -0.25) is 9.59 Å². The van der Waals surface area contributed by atoms with Crippen molar-refractivity contribution in [2.24, 2.45) is 0 Å². The van der Waals surface area contributed by atoms with E-state index in [0.29, 0.717) is 57.2 Å². The Hall–Kier alpha value is -4.28. The molecule has 206 valence electrons. The zero-order valence-corrected chi connectivity index (χ0v) is 22.2. The molecule has 4 aromatic rings. The molecule has 3 aromatic heterocycles. The molecule has 0 aliphatic carbocycles. The highest BCUT2D eigenvalue weighted by atomic mass is 16.5. The van der Waals surface area contributed by atoms with E-state index in [1.807, 2.05) is 47.1 Å². The van der Waals surface area contributed by atoms with Gasteiger partial charge in [-0.25, -0.2) is 9.97 Å². The maximum Gasteiger partial charge on any atom is 0.255 e. The molecule has 40 heavy (non-hydrogen) atoms. The van der Waals surface area contributed by atoms with Crippen molar-refractivity contribution in [1.29, 1.82) is 0 Å². The van der Waals surface area contributed by atoms with Gasteiger partial charge < -0.3 is 29.4 Å². The van der Waals surface area contributed by atoms with Crippen molar-refractivity contribution in [1.82, 2.24) is 24.2 Å². The first kappa shape index (κ1) is 26.0. The number of hydrogen-bond acceptors (Lipinski definition) is 7. The molecule has 2 amide bonds. The number of rotatable bonds is 6. The van der Waals surface area contributed by atoms with Crippen LogP contribution in [-0.4, -0.2) is 86.6 Å². The number of nitrogens with zero attached hydrogens (tertiary/aromatic N) is 5. The summed E-state index contributed by atoms with van der Waals surface area (Å²) in [5.74, 6) is 0.586. The summed E-state index contributed by atoms with van der Waals surface area (Å²) < 4.78 is 7.29. The summed E-state index contributed by atoms with van der Waals surface area (Å²) >= 11 is 0. The van der Waals surface area contributed by atoms with E-state index in [2.05, 4.69) is 15.3 Å². The van der Waals surface area contributed by atoms with Crippen LogP contribution in [0.4, 0.5) is 11.5 Å². The van der Waals surface area contributed by atoms with Crippen LogP contribution < -0.4 is 5.32 Å². The number of anilines is 2. The Morgan fingerprint density at radius 1 is 1.02 bits per heavy atom. The van der Waals surface area contributed by atoms with Crippen LogP contribution in [0, 0.1) is 0 Å². The third-order valence-corrected chi connectivity index (χ3v) is 7.42. The number of imidazole rings is 1. The van der Waals surface area contributed by atoms with Crippen molar-refractivity contribution in [3.8, 4) is 11.1 Å². The van der Waals surface area contributed by atoms with Gasteiger partial charge in [0.05, 0.1) is 37.0 Å². The number of aromatic nitrogens is 3. The molecule has 0 radical (unpaired) electrons. The third-order valence-electron chi connectivity index (χ3n) is 7.42. The molecule has 10 heteroatoms. The Labute approximate surface area is 232 Å². The molecule has 0 spiro atoms. The topological polar surface area (TPSA) is 112 Å². The van der Waals surface area contributed by atoms with Crippen molar-refractivity contribution >= 4 is 29.0 Å². The molecule has 2 fully saturated rings. The highest BCUT2D eigenvalue weighted by Gasteiger charge is 2.22. The molecule has 2 aliphatic rings. The van der Waals surface area contributed by atoms with E-state index < -0.39 is 6.10 Å². The van der Waals surface area contributed by atoms with Crippen molar-refractivity contribution < 1.29 is 19.4 Å². The van der Waals surface area contributed by atoms with Crippen LogP contribution in [0.1, 0.15) is 28.8 Å². The Balaban J connectivity index is 1.21. The van der Waals surface area contributed by atoms with E-state index in [0.717, 1.165) is 40.9 Å². The number of piperidine rings is 1. The number of fused-ring (bicyclic) bond motifs is 1. The first-order valence-electron chi connectivity index (χ1n) is 13.7. The average molecular weight is 541 g/mol. The monoisotopic (exact) mass is 540 g/mol. The molecule has 0 bridgehead atoms. The molecule has 2 aliphatic heterocycles. The van der Waals surface area contributed by atoms with Gasteiger partial charge in [0, 0.05) is 56.5 Å². The van der Waals surface area contributed by atoms with Gasteiger partial charge in [0.25, 0.3) is 5.91 Å². The number of morpholine rings is 1. The number of hydrogen-bond donors (Lipinski definition) is 2. The molecular formula is C30H32N6O4. The van der Waals surface area contributed by atoms with E-state index in [1.54, 1.807) is 34.3 Å². The molecule has 2 N–H and O–H groups in total. The van der Waals surface area contributed by atoms with Crippen LogP contribution in [0.15, 0.2) is 67.3 Å². The lowest BCUT2D eigenvalue weighted by Crippen LogP contribution is -2.42. The number of carbonyl (C=O) groups is 2. The van der Waals surface area contributed by atoms with E-state index in [9.17, 15) is 14.7 Å². The fourth-order valence-corrected chi connectivity index (χ4v) is 5.29. The van der Waals surface area contributed by atoms with Crippen LogP contribution in [0.2, 0.25) is 0 Å². The summed E-state index contributed by atoms with van der Waals surface area (Å²) in [6, 6.07) is 13.6. The molecule has 6 rings (SSSR count). The number of amides is 2. The predicted molar refractivity (Wildman–Crippen MR) is 150 cm³/mol.